The lowest BCUT2D eigenvalue weighted by Crippen LogP contribution is -2.44. The summed E-state index contributed by atoms with van der Waals surface area (Å²) in [6, 6.07) is 7.61. The van der Waals surface area contributed by atoms with Crippen LogP contribution < -0.4 is 16.2 Å². The standard InChI is InChI=1S/C21H17F3N4O4/c22-21(23,24)17(11-4-2-1-3-5-11)26-18(30)12-6-7-13-14(10-12)27-28(20(13)32)15-8-9-16(29)25-19(15)31/h1-7,10,15,17,27H,8-9H2,(H,26,30)(H,25,29,31)/t15?,17-/m0/s1. The van der Waals surface area contributed by atoms with Crippen LogP contribution in [0, 0.1) is 0 Å². The fraction of sp³-hybridized carbons (Fsp3) is 0.238. The minimum absolute atomic E-state index is 0.0597. The van der Waals surface area contributed by atoms with Gasteiger partial charge in [-0.05, 0) is 30.2 Å². The van der Waals surface area contributed by atoms with E-state index in [4.69, 9.17) is 0 Å². The predicted octanol–water partition coefficient (Wildman–Crippen LogP) is 2.34. The molecule has 1 fully saturated rings. The van der Waals surface area contributed by atoms with Crippen LogP contribution in [0.1, 0.15) is 40.8 Å². The summed E-state index contributed by atoms with van der Waals surface area (Å²) >= 11 is 0. The van der Waals surface area contributed by atoms with Crippen LogP contribution in [0.15, 0.2) is 53.3 Å². The van der Waals surface area contributed by atoms with Gasteiger partial charge in [0.15, 0.2) is 6.04 Å². The number of H-pyrrole nitrogens is 1. The molecule has 0 radical (unpaired) electrons. The number of amides is 3. The number of nitrogens with one attached hydrogen (secondary N) is 3. The average Bonchev–Trinajstić information content (AvgIpc) is 3.07. The number of halogens is 3. The first-order valence-corrected chi connectivity index (χ1v) is 9.65. The van der Waals surface area contributed by atoms with Gasteiger partial charge in [0.1, 0.15) is 6.04 Å². The first-order valence-electron chi connectivity index (χ1n) is 9.65. The van der Waals surface area contributed by atoms with E-state index in [2.05, 4.69) is 10.4 Å². The molecule has 4 rings (SSSR count). The Kier molecular flexibility index (Phi) is 5.33. The summed E-state index contributed by atoms with van der Waals surface area (Å²) < 4.78 is 41.7. The molecule has 0 spiro atoms. The smallest absolute Gasteiger partial charge is 0.337 e. The SMILES string of the molecule is O=C1CCC(n2[nH]c3cc(C(=O)N[C@@H](c4ccccc4)C(F)(F)F)ccc3c2=O)C(=O)N1. The number of aromatic nitrogens is 2. The van der Waals surface area contributed by atoms with Crippen LogP contribution in [-0.2, 0) is 9.59 Å². The molecule has 1 saturated heterocycles. The Balaban J connectivity index is 1.63. The quantitative estimate of drug-likeness (QED) is 0.534. The van der Waals surface area contributed by atoms with Crippen molar-refractivity contribution in [3.8, 4) is 0 Å². The van der Waals surface area contributed by atoms with E-state index in [1.165, 1.54) is 42.5 Å². The molecule has 0 saturated carbocycles. The molecule has 8 nitrogen and oxygen atoms in total. The van der Waals surface area contributed by atoms with E-state index in [9.17, 15) is 32.3 Å². The van der Waals surface area contributed by atoms with E-state index in [0.717, 1.165) is 4.68 Å². The van der Waals surface area contributed by atoms with Crippen molar-refractivity contribution in [3.05, 3.63) is 70.0 Å². The third-order valence-corrected chi connectivity index (χ3v) is 5.23. The third-order valence-electron chi connectivity index (χ3n) is 5.23. The molecule has 2 atom stereocenters. The highest BCUT2D eigenvalue weighted by atomic mass is 19.4. The zero-order valence-electron chi connectivity index (χ0n) is 16.4. The number of alkyl halides is 3. The second-order valence-corrected chi connectivity index (χ2v) is 7.37. The minimum atomic E-state index is -4.72. The number of piperidine rings is 1. The zero-order chi connectivity index (χ0) is 23.0. The van der Waals surface area contributed by atoms with Gasteiger partial charge in [-0.25, -0.2) is 4.68 Å². The lowest BCUT2D eigenvalue weighted by Gasteiger charge is -2.22. The maximum absolute atomic E-state index is 13.5. The summed E-state index contributed by atoms with van der Waals surface area (Å²) in [5, 5.41) is 7.01. The van der Waals surface area contributed by atoms with E-state index >= 15 is 0 Å². The van der Waals surface area contributed by atoms with E-state index in [1.807, 2.05) is 5.32 Å². The molecule has 1 aliphatic heterocycles. The van der Waals surface area contributed by atoms with Gasteiger partial charge in [-0.1, -0.05) is 30.3 Å². The molecule has 11 heteroatoms. The van der Waals surface area contributed by atoms with Gasteiger partial charge >= 0.3 is 6.18 Å². The monoisotopic (exact) mass is 446 g/mol. The summed E-state index contributed by atoms with van der Waals surface area (Å²) in [7, 11) is 0. The fourth-order valence-corrected chi connectivity index (χ4v) is 3.64. The first-order chi connectivity index (χ1) is 15.1. The van der Waals surface area contributed by atoms with E-state index in [0.29, 0.717) is 0 Å². The van der Waals surface area contributed by atoms with Crippen molar-refractivity contribution in [3.63, 3.8) is 0 Å². The van der Waals surface area contributed by atoms with Crippen LogP contribution in [0.25, 0.3) is 10.9 Å². The van der Waals surface area contributed by atoms with E-state index < -0.39 is 41.5 Å². The topological polar surface area (TPSA) is 113 Å². The van der Waals surface area contributed by atoms with Crippen molar-refractivity contribution in [2.24, 2.45) is 0 Å². The van der Waals surface area contributed by atoms with Gasteiger partial charge in [0.2, 0.25) is 5.91 Å². The number of benzene rings is 2. The maximum atomic E-state index is 13.5. The normalized spacial score (nSPS) is 17.8. The molecular formula is C21H17F3N4O4. The predicted molar refractivity (Wildman–Crippen MR) is 107 cm³/mol. The van der Waals surface area contributed by atoms with Crippen LogP contribution in [-0.4, -0.2) is 33.7 Å². The first kappa shape index (κ1) is 21.3. The van der Waals surface area contributed by atoms with Crippen molar-refractivity contribution in [2.45, 2.75) is 31.1 Å². The van der Waals surface area contributed by atoms with Crippen LogP contribution >= 0.6 is 0 Å². The highest BCUT2D eigenvalue weighted by Gasteiger charge is 2.42. The second-order valence-electron chi connectivity index (χ2n) is 7.37. The highest BCUT2D eigenvalue weighted by molar-refractivity contribution is 6.00. The third kappa shape index (κ3) is 4.01. The Labute approximate surface area is 178 Å². The van der Waals surface area contributed by atoms with Gasteiger partial charge < -0.3 is 5.32 Å². The van der Waals surface area contributed by atoms with Crippen LogP contribution in [0.3, 0.4) is 0 Å². The molecule has 2 heterocycles. The number of fused-ring (bicyclic) bond motifs is 1. The fourth-order valence-electron chi connectivity index (χ4n) is 3.64. The number of imide groups is 1. The van der Waals surface area contributed by atoms with Crippen LogP contribution in [0.4, 0.5) is 13.2 Å². The number of hydrogen-bond donors (Lipinski definition) is 3. The lowest BCUT2D eigenvalue weighted by atomic mass is 10.1. The van der Waals surface area contributed by atoms with Gasteiger partial charge in [0.25, 0.3) is 17.4 Å². The Morgan fingerprint density at radius 3 is 2.47 bits per heavy atom. The summed E-state index contributed by atoms with van der Waals surface area (Å²) in [6.07, 6.45) is -4.54. The minimum Gasteiger partial charge on any atom is -0.337 e. The lowest BCUT2D eigenvalue weighted by molar-refractivity contribution is -0.155. The van der Waals surface area contributed by atoms with Crippen molar-refractivity contribution in [1.82, 2.24) is 20.4 Å². The number of hydrogen-bond acceptors (Lipinski definition) is 4. The van der Waals surface area contributed by atoms with Gasteiger partial charge in [0.05, 0.1) is 10.9 Å². The molecule has 166 valence electrons. The molecule has 1 unspecified atom stereocenters. The van der Waals surface area contributed by atoms with Crippen molar-refractivity contribution >= 4 is 28.6 Å². The van der Waals surface area contributed by atoms with Gasteiger partial charge in [-0.3, -0.25) is 29.6 Å². The highest BCUT2D eigenvalue weighted by Crippen LogP contribution is 2.33. The van der Waals surface area contributed by atoms with Crippen LogP contribution in [0.2, 0.25) is 0 Å². The van der Waals surface area contributed by atoms with E-state index in [1.54, 1.807) is 6.07 Å². The molecule has 3 N–H and O–H groups in total. The maximum Gasteiger partial charge on any atom is 0.412 e. The van der Waals surface area contributed by atoms with Gasteiger partial charge in [-0.2, -0.15) is 13.2 Å². The molecule has 1 aromatic heterocycles. The van der Waals surface area contributed by atoms with Crippen LogP contribution in [0.5, 0.6) is 0 Å². The number of rotatable bonds is 4. The molecule has 32 heavy (non-hydrogen) atoms. The number of carbonyl (C=O) groups excluding carboxylic acids is 3. The summed E-state index contributed by atoms with van der Waals surface area (Å²) in [5.41, 5.74) is -0.583. The Morgan fingerprint density at radius 2 is 1.81 bits per heavy atom. The van der Waals surface area contributed by atoms with Crippen molar-refractivity contribution < 1.29 is 27.6 Å². The molecule has 2 aromatic carbocycles. The molecule has 0 aliphatic carbocycles. The summed E-state index contributed by atoms with van der Waals surface area (Å²) in [4.78, 5) is 48.6. The second kappa shape index (κ2) is 7.98. The Bertz CT molecular complexity index is 1260. The summed E-state index contributed by atoms with van der Waals surface area (Å²) in [5.74, 6) is -2.05. The number of carbonyl (C=O) groups is 3. The molecule has 3 amide bonds. The van der Waals surface area contributed by atoms with E-state index in [-0.39, 0.29) is 34.9 Å². The number of aromatic amines is 1. The molecular weight excluding hydrogens is 429 g/mol. The molecule has 0 bridgehead atoms. The zero-order valence-corrected chi connectivity index (χ0v) is 16.4. The summed E-state index contributed by atoms with van der Waals surface area (Å²) in [6.45, 7) is 0. The molecule has 3 aromatic rings. The Morgan fingerprint density at radius 1 is 1.09 bits per heavy atom. The van der Waals surface area contributed by atoms with Crippen molar-refractivity contribution in [2.75, 3.05) is 0 Å². The average molecular weight is 446 g/mol. The molecule has 1 aliphatic rings. The van der Waals surface area contributed by atoms with Crippen molar-refractivity contribution in [1.29, 1.82) is 0 Å². The number of nitrogens with zero attached hydrogens (tertiary/aromatic N) is 1. The van der Waals surface area contributed by atoms with Gasteiger partial charge in [0, 0.05) is 12.0 Å². The largest absolute Gasteiger partial charge is 0.412 e. The van der Waals surface area contributed by atoms with Gasteiger partial charge in [-0.15, -0.1) is 0 Å². The Hall–Kier alpha value is -3.89.